The van der Waals surface area contributed by atoms with Crippen LogP contribution in [-0.4, -0.2) is 15.6 Å². The maximum atomic E-state index is 6.08. The molecule has 0 heterocycles. The molecule has 0 N–H and O–H groups in total. The second-order valence-corrected chi connectivity index (χ2v) is 7.35. The van der Waals surface area contributed by atoms with Crippen LogP contribution < -0.4 is 0 Å². The van der Waals surface area contributed by atoms with Gasteiger partial charge in [0.15, 0.2) is 6.29 Å². The molecule has 1 aromatic carbocycles. The number of hydrogen-bond donors (Lipinski definition) is 0. The number of ether oxygens (including phenoxy) is 1. The molecule has 95 valence electrons. The Kier molecular flexibility index (Phi) is 7.04. The molecule has 0 amide bonds. The summed E-state index contributed by atoms with van der Waals surface area (Å²) in [6, 6.07) is 10.4. The molecule has 1 atom stereocenters. The second-order valence-electron chi connectivity index (χ2n) is 3.70. The van der Waals surface area contributed by atoms with Crippen molar-refractivity contribution in [1.82, 2.24) is 0 Å². The molecule has 2 nitrogen and oxygen atoms in total. The van der Waals surface area contributed by atoms with Crippen molar-refractivity contribution >= 4 is 25.0 Å². The first-order valence-corrected chi connectivity index (χ1v) is 8.71. The monoisotopic (exact) mass is 315 g/mol. The van der Waals surface area contributed by atoms with E-state index in [9.17, 15) is 0 Å². The highest BCUT2D eigenvalue weighted by Gasteiger charge is 2.18. The zero-order valence-corrected chi connectivity index (χ0v) is 13.3. The third kappa shape index (κ3) is 4.92. The molecule has 1 unspecified atom stereocenters. The molecule has 0 fully saturated rings. The van der Waals surface area contributed by atoms with Gasteiger partial charge in [0, 0.05) is 16.6 Å². The summed E-state index contributed by atoms with van der Waals surface area (Å²) in [5.41, 5.74) is 1.10. The van der Waals surface area contributed by atoms with E-state index in [0.717, 1.165) is 22.1 Å². The van der Waals surface area contributed by atoms with E-state index in [4.69, 9.17) is 9.16 Å². The Balaban J connectivity index is 2.73. The Bertz CT molecular complexity index is 312. The molecule has 1 radical (unpaired) electrons. The predicted octanol–water partition coefficient (Wildman–Crippen LogP) is 4.53. The van der Waals surface area contributed by atoms with Gasteiger partial charge in [-0.25, -0.2) is 0 Å². The summed E-state index contributed by atoms with van der Waals surface area (Å²) >= 11 is 3.44. The van der Waals surface area contributed by atoms with Gasteiger partial charge in [-0.3, -0.25) is 0 Å². The molecule has 1 rings (SSSR count). The van der Waals surface area contributed by atoms with Gasteiger partial charge in [0.2, 0.25) is 9.04 Å². The minimum Gasteiger partial charge on any atom is -0.389 e. The zero-order chi connectivity index (χ0) is 12.7. The molecule has 0 saturated heterocycles. The van der Waals surface area contributed by atoms with E-state index < -0.39 is 9.04 Å². The smallest absolute Gasteiger partial charge is 0.214 e. The SMILES string of the molecule is CCOC(O[Si](CC)CC)c1ccc(Br)cc1. The second kappa shape index (κ2) is 8.03. The molecular formula is C13H20BrO2Si. The maximum Gasteiger partial charge on any atom is 0.214 e. The molecule has 0 saturated carbocycles. The highest BCUT2D eigenvalue weighted by molar-refractivity contribution is 9.10. The summed E-state index contributed by atoms with van der Waals surface area (Å²) in [6.07, 6.45) is -0.207. The third-order valence-electron chi connectivity index (χ3n) is 2.52. The van der Waals surface area contributed by atoms with Crippen LogP contribution in [-0.2, 0) is 9.16 Å². The highest BCUT2D eigenvalue weighted by Crippen LogP contribution is 2.23. The van der Waals surface area contributed by atoms with Crippen LogP contribution in [0.4, 0.5) is 0 Å². The molecule has 17 heavy (non-hydrogen) atoms. The first-order valence-electron chi connectivity index (χ1n) is 6.09. The summed E-state index contributed by atoms with van der Waals surface area (Å²) in [6.45, 7) is 7.04. The van der Waals surface area contributed by atoms with Gasteiger partial charge in [-0.15, -0.1) is 0 Å². The average Bonchev–Trinajstić information content (AvgIpc) is 2.35. The minimum atomic E-state index is -0.738. The van der Waals surface area contributed by atoms with Crippen molar-refractivity contribution in [3.05, 3.63) is 34.3 Å². The number of rotatable bonds is 7. The predicted molar refractivity (Wildman–Crippen MR) is 76.3 cm³/mol. The van der Waals surface area contributed by atoms with Gasteiger partial charge in [-0.1, -0.05) is 41.9 Å². The van der Waals surface area contributed by atoms with Crippen molar-refractivity contribution in [2.45, 2.75) is 39.1 Å². The first kappa shape index (κ1) is 14.9. The van der Waals surface area contributed by atoms with Crippen molar-refractivity contribution in [2.24, 2.45) is 0 Å². The Morgan fingerprint density at radius 3 is 2.18 bits per heavy atom. The van der Waals surface area contributed by atoms with Crippen molar-refractivity contribution in [3.63, 3.8) is 0 Å². The van der Waals surface area contributed by atoms with E-state index in [2.05, 4.69) is 41.9 Å². The lowest BCUT2D eigenvalue weighted by Crippen LogP contribution is -2.21. The summed E-state index contributed by atoms with van der Waals surface area (Å²) < 4.78 is 12.8. The van der Waals surface area contributed by atoms with Crippen LogP contribution in [0.15, 0.2) is 28.7 Å². The first-order chi connectivity index (χ1) is 8.21. The lowest BCUT2D eigenvalue weighted by Gasteiger charge is -2.22. The largest absolute Gasteiger partial charge is 0.389 e. The normalized spacial score (nSPS) is 13.0. The van der Waals surface area contributed by atoms with Gasteiger partial charge < -0.3 is 9.16 Å². The van der Waals surface area contributed by atoms with E-state index >= 15 is 0 Å². The fourth-order valence-electron chi connectivity index (χ4n) is 1.54. The molecule has 0 spiro atoms. The van der Waals surface area contributed by atoms with Gasteiger partial charge in [0.05, 0.1) is 0 Å². The van der Waals surface area contributed by atoms with Crippen LogP contribution in [0.3, 0.4) is 0 Å². The van der Waals surface area contributed by atoms with Crippen LogP contribution >= 0.6 is 15.9 Å². The van der Waals surface area contributed by atoms with Gasteiger partial charge in [0.1, 0.15) is 0 Å². The lowest BCUT2D eigenvalue weighted by atomic mass is 10.2. The van der Waals surface area contributed by atoms with Gasteiger partial charge >= 0.3 is 0 Å². The molecule has 1 aromatic rings. The molecule has 0 aromatic heterocycles. The van der Waals surface area contributed by atoms with Gasteiger partial charge in [0.25, 0.3) is 0 Å². The number of benzene rings is 1. The van der Waals surface area contributed by atoms with Crippen LogP contribution in [0.5, 0.6) is 0 Å². The van der Waals surface area contributed by atoms with Crippen LogP contribution in [0.1, 0.15) is 32.6 Å². The van der Waals surface area contributed by atoms with E-state index in [1.165, 1.54) is 0 Å². The van der Waals surface area contributed by atoms with E-state index in [-0.39, 0.29) is 6.29 Å². The van der Waals surface area contributed by atoms with Crippen molar-refractivity contribution in [2.75, 3.05) is 6.61 Å². The molecule has 0 bridgehead atoms. The molecular weight excluding hydrogens is 296 g/mol. The fraction of sp³-hybridized carbons (Fsp3) is 0.538. The number of hydrogen-bond acceptors (Lipinski definition) is 2. The maximum absolute atomic E-state index is 6.08. The number of halogens is 1. The lowest BCUT2D eigenvalue weighted by molar-refractivity contribution is -0.0817. The van der Waals surface area contributed by atoms with Crippen molar-refractivity contribution in [1.29, 1.82) is 0 Å². The fourth-order valence-corrected chi connectivity index (χ4v) is 3.14. The molecule has 0 aliphatic carbocycles. The molecule has 0 aliphatic rings. The van der Waals surface area contributed by atoms with Crippen molar-refractivity contribution in [3.8, 4) is 0 Å². The summed E-state index contributed by atoms with van der Waals surface area (Å²) in [5.74, 6) is 0. The van der Waals surface area contributed by atoms with E-state index in [0.29, 0.717) is 6.61 Å². The Morgan fingerprint density at radius 1 is 1.12 bits per heavy atom. The topological polar surface area (TPSA) is 18.5 Å². The van der Waals surface area contributed by atoms with Crippen LogP contribution in [0.2, 0.25) is 12.1 Å². The van der Waals surface area contributed by atoms with Crippen LogP contribution in [0, 0.1) is 0 Å². The van der Waals surface area contributed by atoms with Gasteiger partial charge in [-0.05, 0) is 31.1 Å². The Hall–Kier alpha value is -0.163. The highest BCUT2D eigenvalue weighted by atomic mass is 79.9. The molecule has 4 heteroatoms. The summed E-state index contributed by atoms with van der Waals surface area (Å²) in [4.78, 5) is 0. The molecule has 0 aliphatic heterocycles. The Labute approximate surface area is 114 Å². The van der Waals surface area contributed by atoms with Crippen LogP contribution in [0.25, 0.3) is 0 Å². The van der Waals surface area contributed by atoms with Gasteiger partial charge in [-0.2, -0.15) is 0 Å². The summed E-state index contributed by atoms with van der Waals surface area (Å²) in [5, 5.41) is 0. The summed E-state index contributed by atoms with van der Waals surface area (Å²) in [7, 11) is -0.738. The van der Waals surface area contributed by atoms with E-state index in [1.807, 2.05) is 19.1 Å². The van der Waals surface area contributed by atoms with Crippen molar-refractivity contribution < 1.29 is 9.16 Å². The average molecular weight is 316 g/mol. The zero-order valence-electron chi connectivity index (χ0n) is 10.7. The van der Waals surface area contributed by atoms with E-state index in [1.54, 1.807) is 0 Å². The third-order valence-corrected chi connectivity index (χ3v) is 5.18. The standard InChI is InChI=1S/C13H20BrO2Si/c1-4-15-13(16-17(5-2)6-3)11-7-9-12(14)10-8-11/h7-10,13H,4-6H2,1-3H3. The quantitative estimate of drug-likeness (QED) is 0.543. The minimum absolute atomic E-state index is 0.207. The Morgan fingerprint density at radius 2 is 1.71 bits per heavy atom.